The van der Waals surface area contributed by atoms with Crippen LogP contribution in [0.1, 0.15) is 12.5 Å². The zero-order valence-corrected chi connectivity index (χ0v) is 17.9. The van der Waals surface area contributed by atoms with Crippen LogP contribution in [0.4, 0.5) is 11.6 Å². The molecular weight excluding hydrogens is 428 g/mol. The molecule has 5 aromatic rings. The Kier molecular flexibility index (Phi) is 4.71. The summed E-state index contributed by atoms with van der Waals surface area (Å²) in [6.45, 7) is 2.20. The average molecular weight is 446 g/mol. The number of nitrogens with zero attached hydrogens (tertiary/aromatic N) is 5. The van der Waals surface area contributed by atoms with E-state index in [1.807, 2.05) is 54.6 Å². The van der Waals surface area contributed by atoms with Crippen molar-refractivity contribution < 1.29 is 4.92 Å². The molecule has 9 nitrogen and oxygen atoms in total. The fraction of sp³-hybridized carbons (Fsp3) is 0.136. The van der Waals surface area contributed by atoms with Gasteiger partial charge in [-0.15, -0.1) is 16.0 Å². The Morgan fingerprint density at radius 1 is 1.12 bits per heavy atom. The third-order valence-corrected chi connectivity index (χ3v) is 6.40. The van der Waals surface area contributed by atoms with E-state index in [4.69, 9.17) is 5.73 Å². The van der Waals surface area contributed by atoms with Crippen molar-refractivity contribution in [2.45, 2.75) is 20.0 Å². The number of fused-ring (bicyclic) bond motifs is 2. The normalized spacial score (nSPS) is 11.4. The molecule has 0 fully saturated rings. The summed E-state index contributed by atoms with van der Waals surface area (Å²) in [4.78, 5) is 29.4. The highest BCUT2D eigenvalue weighted by Crippen LogP contribution is 2.42. The standard InChI is InChI=1S/C22H18N6O3S/c1-2-27-22(29)18-16(20(25-27)28(30)31)17(21-24-14-10-6-7-11-15(14)32-21)19(23)26(18)12-13-8-4-3-5-9-13/h3-11H,2,12,23H2,1H3. The predicted molar refractivity (Wildman–Crippen MR) is 125 cm³/mol. The topological polar surface area (TPSA) is 122 Å². The van der Waals surface area contributed by atoms with Gasteiger partial charge in [-0.05, 0) is 29.5 Å². The van der Waals surface area contributed by atoms with E-state index in [9.17, 15) is 14.9 Å². The van der Waals surface area contributed by atoms with Crippen LogP contribution in [0.25, 0.3) is 31.7 Å². The number of para-hydroxylation sites is 1. The Balaban J connectivity index is 1.91. The first-order valence-electron chi connectivity index (χ1n) is 9.96. The number of thiazole rings is 1. The van der Waals surface area contributed by atoms with E-state index in [2.05, 4.69) is 10.1 Å². The van der Waals surface area contributed by atoms with E-state index in [1.54, 1.807) is 11.5 Å². The lowest BCUT2D eigenvalue weighted by Crippen LogP contribution is -2.25. The van der Waals surface area contributed by atoms with Gasteiger partial charge in [0.25, 0.3) is 0 Å². The second-order valence-corrected chi connectivity index (χ2v) is 8.27. The number of rotatable bonds is 5. The van der Waals surface area contributed by atoms with Gasteiger partial charge >= 0.3 is 11.4 Å². The van der Waals surface area contributed by atoms with Gasteiger partial charge in [0, 0.05) is 6.54 Å². The van der Waals surface area contributed by atoms with Crippen molar-refractivity contribution in [1.82, 2.24) is 19.3 Å². The van der Waals surface area contributed by atoms with Crippen LogP contribution in [0.3, 0.4) is 0 Å². The van der Waals surface area contributed by atoms with Crippen LogP contribution in [0.2, 0.25) is 0 Å². The molecule has 3 aromatic heterocycles. The van der Waals surface area contributed by atoms with Gasteiger partial charge in [0.1, 0.15) is 21.7 Å². The molecule has 0 saturated carbocycles. The number of aryl methyl sites for hydroxylation is 1. The molecule has 2 N–H and O–H groups in total. The van der Waals surface area contributed by atoms with Crippen LogP contribution in [0, 0.1) is 10.1 Å². The molecule has 0 aliphatic heterocycles. The van der Waals surface area contributed by atoms with E-state index in [-0.39, 0.29) is 29.8 Å². The molecule has 0 amide bonds. The molecular formula is C22H18N6O3S. The first-order valence-corrected chi connectivity index (χ1v) is 10.8. The number of nitro groups is 1. The molecule has 3 heterocycles. The highest BCUT2D eigenvalue weighted by molar-refractivity contribution is 7.21. The zero-order valence-electron chi connectivity index (χ0n) is 17.1. The second kappa shape index (κ2) is 7.57. The van der Waals surface area contributed by atoms with Crippen molar-refractivity contribution in [2.24, 2.45) is 0 Å². The van der Waals surface area contributed by atoms with Gasteiger partial charge in [0.05, 0.1) is 27.4 Å². The lowest BCUT2D eigenvalue weighted by Gasteiger charge is -2.08. The smallest absolute Gasteiger partial charge is 0.384 e. The van der Waals surface area contributed by atoms with E-state index >= 15 is 0 Å². The molecule has 0 aliphatic carbocycles. The minimum Gasteiger partial charge on any atom is -0.384 e. The maximum absolute atomic E-state index is 13.3. The minimum atomic E-state index is -0.572. The van der Waals surface area contributed by atoms with E-state index in [0.29, 0.717) is 10.6 Å². The highest BCUT2D eigenvalue weighted by atomic mass is 32.1. The van der Waals surface area contributed by atoms with Gasteiger partial charge in [0.2, 0.25) is 0 Å². The monoisotopic (exact) mass is 446 g/mol. The molecule has 0 saturated heterocycles. The van der Waals surface area contributed by atoms with Gasteiger partial charge in [-0.25, -0.2) is 4.98 Å². The summed E-state index contributed by atoms with van der Waals surface area (Å²) in [6.07, 6.45) is 0. The average Bonchev–Trinajstić information content (AvgIpc) is 3.34. The predicted octanol–water partition coefficient (Wildman–Crippen LogP) is 4.03. The number of aromatic nitrogens is 4. The van der Waals surface area contributed by atoms with Gasteiger partial charge < -0.3 is 20.4 Å². The first-order chi connectivity index (χ1) is 15.5. The molecule has 160 valence electrons. The summed E-state index contributed by atoms with van der Waals surface area (Å²) in [7, 11) is 0. The van der Waals surface area contributed by atoms with Crippen molar-refractivity contribution in [3.05, 3.63) is 80.6 Å². The molecule has 0 aliphatic rings. The molecule has 0 bridgehead atoms. The maximum Gasteiger partial charge on any atom is 0.398 e. The minimum absolute atomic E-state index is 0.122. The quantitative estimate of drug-likeness (QED) is 0.321. The molecule has 0 atom stereocenters. The Morgan fingerprint density at radius 2 is 1.84 bits per heavy atom. The zero-order chi connectivity index (χ0) is 22.4. The first kappa shape index (κ1) is 19.9. The molecule has 5 rings (SSSR count). The number of hydrogen-bond acceptors (Lipinski definition) is 7. The SMILES string of the molecule is CCn1nc([N+](=O)[O-])c2c(-c3nc4ccccc4s3)c(N)n(Cc3ccccc3)c2c1=O. The number of hydrogen-bond donors (Lipinski definition) is 1. The van der Waals surface area contributed by atoms with Crippen LogP contribution >= 0.6 is 11.3 Å². The van der Waals surface area contributed by atoms with Crippen LogP contribution in [0.5, 0.6) is 0 Å². The lowest BCUT2D eigenvalue weighted by molar-refractivity contribution is -0.388. The van der Waals surface area contributed by atoms with Crippen LogP contribution in [-0.4, -0.2) is 24.3 Å². The highest BCUT2D eigenvalue weighted by Gasteiger charge is 2.31. The van der Waals surface area contributed by atoms with Crippen LogP contribution in [0.15, 0.2) is 59.4 Å². The largest absolute Gasteiger partial charge is 0.398 e. The second-order valence-electron chi connectivity index (χ2n) is 7.24. The molecule has 10 heteroatoms. The van der Waals surface area contributed by atoms with Crippen molar-refractivity contribution in [2.75, 3.05) is 5.73 Å². The van der Waals surface area contributed by atoms with Crippen LogP contribution < -0.4 is 11.3 Å². The van der Waals surface area contributed by atoms with Crippen LogP contribution in [-0.2, 0) is 13.1 Å². The summed E-state index contributed by atoms with van der Waals surface area (Å²) < 4.78 is 3.65. The van der Waals surface area contributed by atoms with E-state index in [0.717, 1.165) is 20.5 Å². The Labute approximate surface area is 185 Å². The summed E-state index contributed by atoms with van der Waals surface area (Å²) >= 11 is 1.37. The Bertz CT molecular complexity index is 1520. The third-order valence-electron chi connectivity index (χ3n) is 5.34. The molecule has 0 spiro atoms. The van der Waals surface area contributed by atoms with Crippen molar-refractivity contribution >= 4 is 44.1 Å². The molecule has 2 aromatic carbocycles. The summed E-state index contributed by atoms with van der Waals surface area (Å²) in [5.41, 5.74) is 8.35. The third kappa shape index (κ3) is 3.04. The number of anilines is 1. The van der Waals surface area contributed by atoms with E-state index in [1.165, 1.54) is 11.3 Å². The van der Waals surface area contributed by atoms with E-state index < -0.39 is 16.3 Å². The van der Waals surface area contributed by atoms with Gasteiger partial charge in [0.15, 0.2) is 0 Å². The van der Waals surface area contributed by atoms with Crippen molar-refractivity contribution in [3.63, 3.8) is 0 Å². The number of nitrogens with two attached hydrogens (primary N) is 1. The maximum atomic E-state index is 13.3. The number of nitrogen functional groups attached to an aromatic ring is 1. The fourth-order valence-electron chi connectivity index (χ4n) is 3.88. The Morgan fingerprint density at radius 3 is 2.53 bits per heavy atom. The lowest BCUT2D eigenvalue weighted by atomic mass is 10.2. The van der Waals surface area contributed by atoms with Gasteiger partial charge in [-0.1, -0.05) is 42.5 Å². The molecule has 32 heavy (non-hydrogen) atoms. The molecule has 0 unspecified atom stereocenters. The van der Waals surface area contributed by atoms with Gasteiger partial charge in [-0.2, -0.15) is 0 Å². The molecule has 0 radical (unpaired) electrons. The fourth-order valence-corrected chi connectivity index (χ4v) is 4.90. The summed E-state index contributed by atoms with van der Waals surface area (Å²) in [5, 5.41) is 16.7. The van der Waals surface area contributed by atoms with Gasteiger partial charge in [-0.3, -0.25) is 4.79 Å². The Hall–Kier alpha value is -4.05. The number of benzene rings is 2. The summed E-state index contributed by atoms with van der Waals surface area (Å²) in [6, 6.07) is 17.1. The van der Waals surface area contributed by atoms with Crippen molar-refractivity contribution in [1.29, 1.82) is 0 Å². The summed E-state index contributed by atoms with van der Waals surface area (Å²) in [5.74, 6) is -0.159. The van der Waals surface area contributed by atoms with Crippen molar-refractivity contribution in [3.8, 4) is 10.6 Å².